The van der Waals surface area contributed by atoms with Crippen molar-refractivity contribution in [3.63, 3.8) is 0 Å². The van der Waals surface area contributed by atoms with Crippen molar-refractivity contribution >= 4 is 34.0 Å². The van der Waals surface area contributed by atoms with Crippen molar-refractivity contribution < 1.29 is 4.79 Å². The number of fused-ring (bicyclic) bond motifs is 2. The van der Waals surface area contributed by atoms with Crippen molar-refractivity contribution in [3.8, 4) is 0 Å². The van der Waals surface area contributed by atoms with Crippen LogP contribution in [0.5, 0.6) is 0 Å². The number of para-hydroxylation sites is 1. The van der Waals surface area contributed by atoms with E-state index in [-0.39, 0.29) is 18.0 Å². The van der Waals surface area contributed by atoms with Crippen molar-refractivity contribution in [3.05, 3.63) is 92.6 Å². The minimum absolute atomic E-state index is 0.0860. The van der Waals surface area contributed by atoms with Gasteiger partial charge >= 0.3 is 0 Å². The molecule has 0 N–H and O–H groups in total. The van der Waals surface area contributed by atoms with Gasteiger partial charge in [0.25, 0.3) is 5.56 Å². The molecule has 0 bridgehead atoms. The third-order valence-electron chi connectivity index (χ3n) is 6.36. The van der Waals surface area contributed by atoms with Crippen LogP contribution in [0.3, 0.4) is 0 Å². The second-order valence-corrected chi connectivity index (χ2v) is 8.58. The van der Waals surface area contributed by atoms with E-state index in [1.807, 2.05) is 62.4 Å². The van der Waals surface area contributed by atoms with Gasteiger partial charge in [0, 0.05) is 40.6 Å². The Kier molecular flexibility index (Phi) is 5.10. The van der Waals surface area contributed by atoms with Gasteiger partial charge in [-0.15, -0.1) is 0 Å². The zero-order chi connectivity index (χ0) is 22.4. The Balaban J connectivity index is 1.49. The van der Waals surface area contributed by atoms with E-state index >= 15 is 0 Å². The predicted molar refractivity (Wildman–Crippen MR) is 127 cm³/mol. The predicted octanol–water partition coefficient (Wildman–Crippen LogP) is 4.11. The SMILES string of the molecule is Cc1c2cnn(CC(=O)N3CCc4ccccc43)c(=O)c2c(C)n1Cc1ccccc1Cl. The fraction of sp³-hybridized carbons (Fsp3) is 0.240. The second-order valence-electron chi connectivity index (χ2n) is 8.17. The molecule has 1 aliphatic rings. The molecule has 0 spiro atoms. The van der Waals surface area contributed by atoms with Crippen LogP contribution in [0, 0.1) is 13.8 Å². The van der Waals surface area contributed by atoms with Crippen molar-refractivity contribution in [1.29, 1.82) is 0 Å². The number of hydrogen-bond acceptors (Lipinski definition) is 3. The van der Waals surface area contributed by atoms with E-state index in [0.29, 0.717) is 23.5 Å². The lowest BCUT2D eigenvalue weighted by molar-refractivity contribution is -0.119. The first-order chi connectivity index (χ1) is 15.5. The summed E-state index contributed by atoms with van der Waals surface area (Å²) < 4.78 is 3.36. The number of aromatic nitrogens is 3. The van der Waals surface area contributed by atoms with Gasteiger partial charge < -0.3 is 9.47 Å². The lowest BCUT2D eigenvalue weighted by Crippen LogP contribution is -2.36. The molecule has 0 aliphatic carbocycles. The zero-order valence-electron chi connectivity index (χ0n) is 18.0. The topological polar surface area (TPSA) is 60.1 Å². The highest BCUT2D eigenvalue weighted by Gasteiger charge is 2.25. The van der Waals surface area contributed by atoms with Crippen LogP contribution in [0.2, 0.25) is 5.02 Å². The highest BCUT2D eigenvalue weighted by molar-refractivity contribution is 6.31. The Morgan fingerprint density at radius 1 is 1.06 bits per heavy atom. The zero-order valence-corrected chi connectivity index (χ0v) is 18.8. The molecule has 0 radical (unpaired) electrons. The summed E-state index contributed by atoms with van der Waals surface area (Å²) >= 11 is 6.36. The Bertz CT molecular complexity index is 1420. The van der Waals surface area contributed by atoms with Crippen LogP contribution in [-0.4, -0.2) is 26.8 Å². The van der Waals surface area contributed by atoms with Gasteiger partial charge in [0.05, 0.1) is 11.6 Å². The normalized spacial score (nSPS) is 13.0. The second kappa shape index (κ2) is 7.95. The Labute approximate surface area is 190 Å². The van der Waals surface area contributed by atoms with E-state index in [1.54, 1.807) is 11.1 Å². The molecule has 6 nitrogen and oxygen atoms in total. The lowest BCUT2D eigenvalue weighted by atomic mass is 10.2. The van der Waals surface area contributed by atoms with E-state index < -0.39 is 0 Å². The van der Waals surface area contributed by atoms with Crippen molar-refractivity contribution in [2.24, 2.45) is 0 Å². The van der Waals surface area contributed by atoms with Gasteiger partial charge in [-0.2, -0.15) is 5.10 Å². The number of halogens is 1. The molecule has 2 aromatic heterocycles. The lowest BCUT2D eigenvalue weighted by Gasteiger charge is -2.17. The first-order valence-electron chi connectivity index (χ1n) is 10.6. The minimum Gasteiger partial charge on any atom is -0.343 e. The van der Waals surface area contributed by atoms with Crippen molar-refractivity contribution in [2.75, 3.05) is 11.4 Å². The van der Waals surface area contributed by atoms with Crippen LogP contribution in [0.15, 0.2) is 59.5 Å². The van der Waals surface area contributed by atoms with Gasteiger partial charge in [0.1, 0.15) is 6.54 Å². The number of anilines is 1. The maximum absolute atomic E-state index is 13.3. The molecular formula is C25H23ClN4O2. The third kappa shape index (κ3) is 3.31. The summed E-state index contributed by atoms with van der Waals surface area (Å²) in [5, 5.41) is 6.42. The third-order valence-corrected chi connectivity index (χ3v) is 6.73. The van der Waals surface area contributed by atoms with Crippen LogP contribution in [0.4, 0.5) is 5.69 Å². The first kappa shape index (κ1) is 20.5. The highest BCUT2D eigenvalue weighted by atomic mass is 35.5. The van der Waals surface area contributed by atoms with Gasteiger partial charge in [-0.3, -0.25) is 9.59 Å². The average Bonchev–Trinajstić information content (AvgIpc) is 3.32. The summed E-state index contributed by atoms with van der Waals surface area (Å²) in [6, 6.07) is 15.6. The van der Waals surface area contributed by atoms with E-state index in [0.717, 1.165) is 40.0 Å². The van der Waals surface area contributed by atoms with Crippen LogP contribution >= 0.6 is 11.6 Å². The minimum atomic E-state index is -0.248. The van der Waals surface area contributed by atoms with E-state index in [9.17, 15) is 9.59 Å². The number of benzene rings is 2. The fourth-order valence-corrected chi connectivity index (χ4v) is 4.80. The fourth-order valence-electron chi connectivity index (χ4n) is 4.60. The Morgan fingerprint density at radius 3 is 2.62 bits per heavy atom. The molecule has 1 amide bonds. The van der Waals surface area contributed by atoms with Crippen LogP contribution in [0.1, 0.15) is 22.5 Å². The van der Waals surface area contributed by atoms with Gasteiger partial charge in [0.2, 0.25) is 5.91 Å². The number of hydrogen-bond donors (Lipinski definition) is 0. The number of nitrogens with zero attached hydrogens (tertiary/aromatic N) is 4. The van der Waals surface area contributed by atoms with Crippen molar-refractivity contribution in [2.45, 2.75) is 33.4 Å². The van der Waals surface area contributed by atoms with E-state index in [1.165, 1.54) is 4.68 Å². The molecule has 0 saturated carbocycles. The molecule has 0 atom stereocenters. The van der Waals surface area contributed by atoms with Crippen LogP contribution in [-0.2, 0) is 24.3 Å². The molecule has 0 saturated heterocycles. The molecular weight excluding hydrogens is 424 g/mol. The van der Waals surface area contributed by atoms with Gasteiger partial charge in [-0.1, -0.05) is 48.0 Å². The monoisotopic (exact) mass is 446 g/mol. The molecule has 0 unspecified atom stereocenters. The van der Waals surface area contributed by atoms with Gasteiger partial charge in [-0.05, 0) is 43.5 Å². The maximum Gasteiger partial charge on any atom is 0.276 e. The quantitative estimate of drug-likeness (QED) is 0.474. The molecule has 5 rings (SSSR count). The molecule has 32 heavy (non-hydrogen) atoms. The molecule has 2 aromatic carbocycles. The molecule has 4 aromatic rings. The highest BCUT2D eigenvalue weighted by Crippen LogP contribution is 2.28. The Morgan fingerprint density at radius 2 is 1.81 bits per heavy atom. The number of amides is 1. The number of aryl methyl sites for hydroxylation is 2. The molecule has 1 aliphatic heterocycles. The van der Waals surface area contributed by atoms with Crippen LogP contribution < -0.4 is 10.5 Å². The van der Waals surface area contributed by atoms with Gasteiger partial charge in [0.15, 0.2) is 0 Å². The van der Waals surface area contributed by atoms with Crippen LogP contribution in [0.25, 0.3) is 10.8 Å². The summed E-state index contributed by atoms with van der Waals surface area (Å²) in [7, 11) is 0. The largest absolute Gasteiger partial charge is 0.343 e. The summed E-state index contributed by atoms with van der Waals surface area (Å²) in [4.78, 5) is 28.1. The summed E-state index contributed by atoms with van der Waals surface area (Å²) in [5.41, 5.74) is 4.61. The summed E-state index contributed by atoms with van der Waals surface area (Å²) in [6.45, 7) is 5.01. The standard InChI is InChI=1S/C25H23ClN4O2/c1-16-20-13-27-30(15-23(31)28-12-11-18-7-4-6-10-22(18)28)25(32)24(20)17(2)29(16)14-19-8-3-5-9-21(19)26/h3-10,13H,11-12,14-15H2,1-2H3. The Hall–Kier alpha value is -3.38. The van der Waals surface area contributed by atoms with Crippen molar-refractivity contribution in [1.82, 2.24) is 14.3 Å². The maximum atomic E-state index is 13.3. The molecule has 162 valence electrons. The number of carbonyl (C=O) groups is 1. The van der Waals surface area contributed by atoms with Gasteiger partial charge in [-0.25, -0.2) is 4.68 Å². The van der Waals surface area contributed by atoms with E-state index in [2.05, 4.69) is 9.67 Å². The molecule has 0 fully saturated rings. The van der Waals surface area contributed by atoms with E-state index in [4.69, 9.17) is 11.6 Å². The molecule has 3 heterocycles. The number of rotatable bonds is 4. The summed E-state index contributed by atoms with van der Waals surface area (Å²) in [6.07, 6.45) is 2.51. The number of carbonyl (C=O) groups excluding carboxylic acids is 1. The smallest absolute Gasteiger partial charge is 0.276 e. The summed E-state index contributed by atoms with van der Waals surface area (Å²) in [5.74, 6) is -0.131. The average molecular weight is 447 g/mol. The first-order valence-corrected chi connectivity index (χ1v) is 11.0. The molecule has 7 heteroatoms.